The Morgan fingerprint density at radius 1 is 0.149 bits per heavy atom. The molecule has 2 aromatic heterocycles. The summed E-state index contributed by atoms with van der Waals surface area (Å²) in [5.41, 5.74) is 32.9. The smallest absolute Gasteiger partial charge is 0.164 e. The maximum Gasteiger partial charge on any atom is 0.164 e. The molecule has 18 aromatic carbocycles. The van der Waals surface area contributed by atoms with Crippen LogP contribution in [0, 0.1) is 0 Å². The summed E-state index contributed by atoms with van der Waals surface area (Å²) in [5, 5.41) is 10.1. The van der Waals surface area contributed by atoms with Gasteiger partial charge in [-0.25, -0.2) is 24.9 Å². The zero-order chi connectivity index (χ0) is 75.0. The Kier molecular flexibility index (Phi) is 14.8. The highest BCUT2D eigenvalue weighted by Crippen LogP contribution is 2.67. The number of nitrogens with zero attached hydrogens (tertiary/aromatic N) is 5. The Morgan fingerprint density at radius 3 is 0.904 bits per heavy atom. The zero-order valence-electron chi connectivity index (χ0n) is 61.9. The Bertz CT molecular complexity index is 6710. The van der Waals surface area contributed by atoms with Gasteiger partial charge in [-0.05, 0) is 209 Å². The van der Waals surface area contributed by atoms with Crippen molar-refractivity contribution >= 4 is 43.1 Å². The lowest BCUT2D eigenvalue weighted by Gasteiger charge is -2.31. The molecule has 0 aliphatic heterocycles. The van der Waals surface area contributed by atoms with Crippen LogP contribution in [0.4, 0.5) is 0 Å². The van der Waals surface area contributed by atoms with Gasteiger partial charge >= 0.3 is 0 Å². The van der Waals surface area contributed by atoms with Crippen LogP contribution in [0.2, 0.25) is 0 Å². The highest BCUT2D eigenvalue weighted by Gasteiger charge is 2.54. The molecular formula is C109H67N5. The van der Waals surface area contributed by atoms with E-state index in [2.05, 4.69) is 322 Å². The second kappa shape index (κ2) is 25.9. The van der Waals surface area contributed by atoms with Crippen molar-refractivity contribution in [2.45, 2.75) is 10.8 Å². The number of hydrogen-bond acceptors (Lipinski definition) is 5. The molecule has 5 heteroatoms. The quantitative estimate of drug-likeness (QED) is 0.152. The average Bonchev–Trinajstić information content (AvgIpc) is 1.51. The Labute approximate surface area is 660 Å². The fourth-order valence-corrected chi connectivity index (χ4v) is 19.4. The Hall–Kier alpha value is -14.9. The first-order valence-corrected chi connectivity index (χ1v) is 39.2. The van der Waals surface area contributed by atoms with Crippen LogP contribution in [0.3, 0.4) is 0 Å². The second-order valence-electron chi connectivity index (χ2n) is 30.4. The molecule has 4 aliphatic carbocycles. The van der Waals surface area contributed by atoms with Crippen molar-refractivity contribution in [1.82, 2.24) is 24.9 Å². The maximum absolute atomic E-state index is 5.13. The van der Waals surface area contributed by atoms with Gasteiger partial charge in [0, 0.05) is 33.4 Å². The molecule has 0 amide bonds. The molecule has 5 nitrogen and oxygen atoms in total. The van der Waals surface area contributed by atoms with Crippen LogP contribution in [0.1, 0.15) is 44.5 Å². The Morgan fingerprint density at radius 2 is 0.465 bits per heavy atom. The molecule has 0 saturated heterocycles. The predicted octanol–water partition coefficient (Wildman–Crippen LogP) is 27.0. The highest BCUT2D eigenvalue weighted by molar-refractivity contribution is 6.09. The van der Waals surface area contributed by atoms with E-state index in [0.717, 1.165) is 67.3 Å². The molecule has 0 radical (unpaired) electrons. The number of rotatable bonds is 8. The highest BCUT2D eigenvalue weighted by atomic mass is 15.0. The third kappa shape index (κ3) is 10.0. The van der Waals surface area contributed by atoms with Gasteiger partial charge in [0.25, 0.3) is 0 Å². The summed E-state index contributed by atoms with van der Waals surface area (Å²) >= 11 is 0. The summed E-state index contributed by atoms with van der Waals surface area (Å²) in [6, 6.07) is 147. The number of aromatic nitrogens is 5. The SMILES string of the molecule is c1ccc(-c2cc(-c3cccc(-c4ccc5cc6c(cc5c4)C4(c5ccccc5-c5ccccc54)c4c-6ccc5ccccc45)c3)nc(-c3ccccc3)n2)cc1.c1ccc(-c2nc(-c3ccccc3)nc(-c3cccc(-c4ccc5cc6c(cc5c4)C4(c5ccccc5-c5ccccc54)c4c-6ccc5ccccc45)c3)n2)cc1. The first kappa shape index (κ1) is 65.0. The lowest BCUT2D eigenvalue weighted by Crippen LogP contribution is -2.26. The minimum atomic E-state index is -0.436. The van der Waals surface area contributed by atoms with Crippen LogP contribution in [0.5, 0.6) is 0 Å². The van der Waals surface area contributed by atoms with Crippen molar-refractivity contribution in [3.63, 3.8) is 0 Å². The lowest BCUT2D eigenvalue weighted by molar-refractivity contribution is 0.802. The molecule has 0 atom stereocenters. The summed E-state index contributed by atoms with van der Waals surface area (Å²) < 4.78 is 0. The molecule has 2 spiro atoms. The minimum absolute atomic E-state index is 0.428. The Balaban J connectivity index is 0.000000135. The van der Waals surface area contributed by atoms with E-state index in [1.165, 1.54) is 138 Å². The summed E-state index contributed by atoms with van der Waals surface area (Å²) in [5.74, 6) is 2.67. The molecule has 0 fully saturated rings. The van der Waals surface area contributed by atoms with Crippen molar-refractivity contribution in [3.05, 3.63) is 451 Å². The third-order valence-electron chi connectivity index (χ3n) is 24.3. The molecule has 0 unspecified atom stereocenters. The van der Waals surface area contributed by atoms with Crippen molar-refractivity contribution in [2.75, 3.05) is 0 Å². The summed E-state index contributed by atoms with van der Waals surface area (Å²) in [6.45, 7) is 0. The van der Waals surface area contributed by atoms with Crippen LogP contribution >= 0.6 is 0 Å². The molecule has 4 aliphatic rings. The zero-order valence-corrected chi connectivity index (χ0v) is 61.9. The van der Waals surface area contributed by atoms with E-state index in [9.17, 15) is 0 Å². The van der Waals surface area contributed by atoms with Crippen LogP contribution in [0.25, 0.3) is 178 Å². The largest absolute Gasteiger partial charge is 0.228 e. The fourth-order valence-electron chi connectivity index (χ4n) is 19.4. The van der Waals surface area contributed by atoms with Crippen LogP contribution in [0.15, 0.2) is 406 Å². The van der Waals surface area contributed by atoms with Crippen molar-refractivity contribution in [1.29, 1.82) is 0 Å². The molecule has 0 N–H and O–H groups in total. The predicted molar refractivity (Wildman–Crippen MR) is 468 cm³/mol. The van der Waals surface area contributed by atoms with Gasteiger partial charge in [-0.2, -0.15) is 0 Å². The monoisotopic (exact) mass is 1450 g/mol. The molecule has 528 valence electrons. The maximum atomic E-state index is 5.13. The van der Waals surface area contributed by atoms with Crippen molar-refractivity contribution in [2.24, 2.45) is 0 Å². The second-order valence-corrected chi connectivity index (χ2v) is 30.4. The van der Waals surface area contributed by atoms with Crippen LogP contribution in [-0.4, -0.2) is 24.9 Å². The van der Waals surface area contributed by atoms with Gasteiger partial charge < -0.3 is 0 Å². The van der Waals surface area contributed by atoms with Gasteiger partial charge in [0.1, 0.15) is 0 Å². The average molecular weight is 1450 g/mol. The summed E-state index contributed by atoms with van der Waals surface area (Å²) in [4.78, 5) is 25.1. The van der Waals surface area contributed by atoms with Gasteiger partial charge in [0.15, 0.2) is 23.3 Å². The van der Waals surface area contributed by atoms with Crippen molar-refractivity contribution in [3.8, 4) is 135 Å². The topological polar surface area (TPSA) is 64.5 Å². The minimum Gasteiger partial charge on any atom is -0.228 e. The number of benzene rings is 18. The van der Waals surface area contributed by atoms with Gasteiger partial charge in [-0.1, -0.05) is 352 Å². The van der Waals surface area contributed by atoms with Crippen LogP contribution < -0.4 is 0 Å². The summed E-state index contributed by atoms with van der Waals surface area (Å²) in [6.07, 6.45) is 0. The summed E-state index contributed by atoms with van der Waals surface area (Å²) in [7, 11) is 0. The molecule has 0 bridgehead atoms. The first-order chi connectivity index (χ1) is 56.5. The van der Waals surface area contributed by atoms with E-state index in [1.807, 2.05) is 84.9 Å². The molecule has 114 heavy (non-hydrogen) atoms. The van der Waals surface area contributed by atoms with E-state index in [1.54, 1.807) is 0 Å². The normalized spacial score (nSPS) is 13.1. The van der Waals surface area contributed by atoms with Crippen LogP contribution in [-0.2, 0) is 10.8 Å². The van der Waals surface area contributed by atoms with Gasteiger partial charge in [-0.3, -0.25) is 0 Å². The van der Waals surface area contributed by atoms with Crippen molar-refractivity contribution < 1.29 is 0 Å². The molecular weight excluding hydrogens is 1380 g/mol. The van der Waals surface area contributed by atoms with Gasteiger partial charge in [0.2, 0.25) is 0 Å². The van der Waals surface area contributed by atoms with Gasteiger partial charge in [-0.15, -0.1) is 0 Å². The molecule has 20 aromatic rings. The molecule has 2 heterocycles. The van der Waals surface area contributed by atoms with Gasteiger partial charge in [0.05, 0.1) is 22.2 Å². The standard InChI is InChI=1S/C55H34N2.C54H33N3/c1-3-15-36(16-4-1)51-34-52(57-54(56-51)37-17-5-2-6-18-37)41-20-13-19-38(30-41)39-26-27-40-32-47-46-29-28-35-14-7-8-21-43(35)53(46)55(50(47)33-42(40)31-39)48-24-11-9-22-44(48)45-23-10-12-25-49(45)55;1-3-15-35(16-4-1)51-55-52(36-17-5-2-6-18-36)57-53(56-51)40-20-13-19-37(30-40)38-26-27-39-32-46-45-29-28-34-14-7-8-21-42(34)50(45)54(49(46)33-41(39)31-38)47-24-11-9-22-43(47)44-23-10-12-25-48(44)54/h1-34H;1-33H. The number of hydrogen-bond donors (Lipinski definition) is 0. The number of fused-ring (bicyclic) bond motifs is 26. The lowest BCUT2D eigenvalue weighted by atomic mass is 9.69. The fraction of sp³-hybridized carbons (Fsp3) is 0.0183. The molecule has 0 saturated carbocycles. The van der Waals surface area contributed by atoms with E-state index in [4.69, 9.17) is 24.9 Å². The third-order valence-corrected chi connectivity index (χ3v) is 24.3. The van der Waals surface area contributed by atoms with E-state index in [-0.39, 0.29) is 0 Å². The first-order valence-electron chi connectivity index (χ1n) is 39.2. The molecule has 24 rings (SSSR count). The van der Waals surface area contributed by atoms with E-state index in [0.29, 0.717) is 17.5 Å². The van der Waals surface area contributed by atoms with E-state index >= 15 is 0 Å². The van der Waals surface area contributed by atoms with E-state index < -0.39 is 10.8 Å².